The Morgan fingerprint density at radius 1 is 1.25 bits per heavy atom. The first-order chi connectivity index (χ1) is 7.52. The second kappa shape index (κ2) is 5.30. The van der Waals surface area contributed by atoms with Crippen LogP contribution in [0, 0.1) is 0 Å². The standard InChI is InChI=1S/C12H15NO3/c1-8(10-6-4-3-5-7-10)11(12(13)15)16-9(2)14/h3-8,11H,1-2H3,(H2,13,15). The maximum Gasteiger partial charge on any atom is 0.303 e. The fourth-order valence-electron chi connectivity index (χ4n) is 1.52. The number of benzene rings is 1. The largest absolute Gasteiger partial charge is 0.452 e. The van der Waals surface area contributed by atoms with Crippen LogP contribution in [0.5, 0.6) is 0 Å². The first-order valence-corrected chi connectivity index (χ1v) is 5.04. The normalized spacial score (nSPS) is 13.9. The molecule has 0 heterocycles. The molecule has 1 rings (SSSR count). The molecule has 2 atom stereocenters. The van der Waals surface area contributed by atoms with Crippen molar-refractivity contribution in [2.45, 2.75) is 25.9 Å². The highest BCUT2D eigenvalue weighted by Crippen LogP contribution is 2.21. The number of hydrogen-bond donors (Lipinski definition) is 1. The number of primary amides is 1. The highest BCUT2D eigenvalue weighted by molar-refractivity contribution is 5.82. The van der Waals surface area contributed by atoms with Crippen LogP contribution < -0.4 is 5.73 Å². The third-order valence-corrected chi connectivity index (χ3v) is 2.35. The van der Waals surface area contributed by atoms with Gasteiger partial charge in [0.1, 0.15) is 0 Å². The topological polar surface area (TPSA) is 69.4 Å². The lowest BCUT2D eigenvalue weighted by Gasteiger charge is -2.20. The molecule has 0 spiro atoms. The van der Waals surface area contributed by atoms with Crippen LogP contribution in [0.15, 0.2) is 30.3 Å². The Balaban J connectivity index is 2.87. The van der Waals surface area contributed by atoms with Gasteiger partial charge in [0, 0.05) is 12.8 Å². The van der Waals surface area contributed by atoms with Gasteiger partial charge >= 0.3 is 5.97 Å². The Bertz CT molecular complexity index is 375. The molecule has 1 amide bonds. The molecule has 16 heavy (non-hydrogen) atoms. The second-order valence-electron chi connectivity index (χ2n) is 3.63. The van der Waals surface area contributed by atoms with E-state index in [1.807, 2.05) is 30.3 Å². The van der Waals surface area contributed by atoms with Gasteiger partial charge in [-0.15, -0.1) is 0 Å². The van der Waals surface area contributed by atoms with E-state index in [0.717, 1.165) is 5.56 Å². The molecule has 4 heteroatoms. The van der Waals surface area contributed by atoms with Gasteiger partial charge in [-0.3, -0.25) is 9.59 Å². The number of carbonyl (C=O) groups is 2. The van der Waals surface area contributed by atoms with Crippen LogP contribution in [0.3, 0.4) is 0 Å². The number of nitrogens with two attached hydrogens (primary N) is 1. The zero-order valence-electron chi connectivity index (χ0n) is 9.34. The maximum absolute atomic E-state index is 11.2. The Hall–Kier alpha value is -1.84. The van der Waals surface area contributed by atoms with Gasteiger partial charge in [0.2, 0.25) is 0 Å². The number of ether oxygens (including phenoxy) is 1. The second-order valence-corrected chi connectivity index (χ2v) is 3.63. The third-order valence-electron chi connectivity index (χ3n) is 2.35. The van der Waals surface area contributed by atoms with E-state index < -0.39 is 18.0 Å². The van der Waals surface area contributed by atoms with E-state index >= 15 is 0 Å². The van der Waals surface area contributed by atoms with Gasteiger partial charge in [-0.05, 0) is 5.56 Å². The fraction of sp³-hybridized carbons (Fsp3) is 0.333. The van der Waals surface area contributed by atoms with Gasteiger partial charge in [0.25, 0.3) is 5.91 Å². The minimum Gasteiger partial charge on any atom is -0.452 e. The maximum atomic E-state index is 11.2. The molecular weight excluding hydrogens is 206 g/mol. The molecule has 1 aromatic rings. The van der Waals surface area contributed by atoms with Crippen LogP contribution >= 0.6 is 0 Å². The van der Waals surface area contributed by atoms with E-state index in [2.05, 4.69) is 0 Å². The van der Waals surface area contributed by atoms with E-state index in [-0.39, 0.29) is 5.92 Å². The van der Waals surface area contributed by atoms with Gasteiger partial charge in [0.05, 0.1) is 0 Å². The first-order valence-electron chi connectivity index (χ1n) is 5.04. The Labute approximate surface area is 94.4 Å². The monoisotopic (exact) mass is 221 g/mol. The summed E-state index contributed by atoms with van der Waals surface area (Å²) in [6.07, 6.45) is -0.917. The lowest BCUT2D eigenvalue weighted by Crippen LogP contribution is -2.36. The third kappa shape index (κ3) is 3.08. The van der Waals surface area contributed by atoms with Gasteiger partial charge in [0.15, 0.2) is 6.10 Å². The van der Waals surface area contributed by atoms with Gasteiger partial charge < -0.3 is 10.5 Å². The van der Waals surface area contributed by atoms with E-state index in [4.69, 9.17) is 10.5 Å². The molecule has 0 bridgehead atoms. The Morgan fingerprint density at radius 2 is 1.81 bits per heavy atom. The molecular formula is C12H15NO3. The summed E-state index contributed by atoms with van der Waals surface area (Å²) in [7, 11) is 0. The quantitative estimate of drug-likeness (QED) is 0.777. The van der Waals surface area contributed by atoms with Crippen molar-refractivity contribution >= 4 is 11.9 Å². The SMILES string of the molecule is CC(=O)OC(C(N)=O)C(C)c1ccccc1. The summed E-state index contributed by atoms with van der Waals surface area (Å²) in [6.45, 7) is 3.06. The number of rotatable bonds is 4. The molecule has 0 aromatic heterocycles. The summed E-state index contributed by atoms with van der Waals surface area (Å²) in [6, 6.07) is 9.32. The molecule has 2 N–H and O–H groups in total. The predicted molar refractivity (Wildman–Crippen MR) is 59.6 cm³/mol. The van der Waals surface area contributed by atoms with Crippen molar-refractivity contribution in [2.24, 2.45) is 5.73 Å². The summed E-state index contributed by atoms with van der Waals surface area (Å²) in [5.41, 5.74) is 6.12. The van der Waals surface area contributed by atoms with Crippen molar-refractivity contribution in [1.82, 2.24) is 0 Å². The van der Waals surface area contributed by atoms with Crippen molar-refractivity contribution in [3.63, 3.8) is 0 Å². The number of esters is 1. The van der Waals surface area contributed by atoms with Crippen molar-refractivity contribution < 1.29 is 14.3 Å². The average molecular weight is 221 g/mol. The summed E-state index contributed by atoms with van der Waals surface area (Å²) >= 11 is 0. The van der Waals surface area contributed by atoms with Crippen LogP contribution in [0.1, 0.15) is 25.3 Å². The molecule has 0 fully saturated rings. The van der Waals surface area contributed by atoms with Crippen LogP contribution in [0.2, 0.25) is 0 Å². The average Bonchev–Trinajstić information content (AvgIpc) is 2.25. The molecule has 0 saturated carbocycles. The van der Waals surface area contributed by atoms with Crippen molar-refractivity contribution in [3.05, 3.63) is 35.9 Å². The minimum absolute atomic E-state index is 0.248. The summed E-state index contributed by atoms with van der Waals surface area (Å²) < 4.78 is 4.91. The molecule has 0 aliphatic rings. The van der Waals surface area contributed by atoms with E-state index in [0.29, 0.717) is 0 Å². The van der Waals surface area contributed by atoms with Crippen LogP contribution in [0.25, 0.3) is 0 Å². The molecule has 2 unspecified atom stereocenters. The summed E-state index contributed by atoms with van der Waals surface area (Å²) in [5, 5.41) is 0. The van der Waals surface area contributed by atoms with Crippen LogP contribution in [-0.2, 0) is 14.3 Å². The van der Waals surface area contributed by atoms with Crippen molar-refractivity contribution in [2.75, 3.05) is 0 Å². The molecule has 4 nitrogen and oxygen atoms in total. The van der Waals surface area contributed by atoms with Crippen LogP contribution in [-0.4, -0.2) is 18.0 Å². The molecule has 1 aromatic carbocycles. The summed E-state index contributed by atoms with van der Waals surface area (Å²) in [4.78, 5) is 22.1. The minimum atomic E-state index is -0.917. The predicted octanol–water partition coefficient (Wildman–Crippen LogP) is 1.21. The number of carbonyl (C=O) groups excluding carboxylic acids is 2. The molecule has 0 saturated heterocycles. The Kier molecular flexibility index (Phi) is 4.05. The number of amides is 1. The smallest absolute Gasteiger partial charge is 0.303 e. The van der Waals surface area contributed by atoms with E-state index in [1.54, 1.807) is 6.92 Å². The van der Waals surface area contributed by atoms with Gasteiger partial charge in [-0.2, -0.15) is 0 Å². The highest BCUT2D eigenvalue weighted by atomic mass is 16.5. The molecule has 0 radical (unpaired) electrons. The summed E-state index contributed by atoms with van der Waals surface area (Å²) in [5.74, 6) is -1.39. The lowest BCUT2D eigenvalue weighted by atomic mass is 9.95. The Morgan fingerprint density at radius 3 is 2.25 bits per heavy atom. The van der Waals surface area contributed by atoms with Gasteiger partial charge in [-0.25, -0.2) is 0 Å². The zero-order chi connectivity index (χ0) is 12.1. The number of hydrogen-bond acceptors (Lipinski definition) is 3. The molecule has 0 aliphatic carbocycles. The molecule has 86 valence electrons. The van der Waals surface area contributed by atoms with Crippen LogP contribution in [0.4, 0.5) is 0 Å². The molecule has 0 aliphatic heterocycles. The van der Waals surface area contributed by atoms with E-state index in [1.165, 1.54) is 6.92 Å². The lowest BCUT2D eigenvalue weighted by molar-refractivity contribution is -0.153. The highest BCUT2D eigenvalue weighted by Gasteiger charge is 2.26. The van der Waals surface area contributed by atoms with Crippen molar-refractivity contribution in [1.29, 1.82) is 0 Å². The van der Waals surface area contributed by atoms with Crippen molar-refractivity contribution in [3.8, 4) is 0 Å². The fourth-order valence-corrected chi connectivity index (χ4v) is 1.52. The zero-order valence-corrected chi connectivity index (χ0v) is 9.34. The first kappa shape index (κ1) is 12.2. The van der Waals surface area contributed by atoms with E-state index in [9.17, 15) is 9.59 Å². The van der Waals surface area contributed by atoms with Gasteiger partial charge in [-0.1, -0.05) is 37.3 Å².